The van der Waals surface area contributed by atoms with Crippen LogP contribution < -0.4 is 0 Å². The van der Waals surface area contributed by atoms with Crippen molar-refractivity contribution in [1.29, 1.82) is 0 Å². The molecular weight excluding hydrogens is 1390 g/mol. The van der Waals surface area contributed by atoms with E-state index in [9.17, 15) is 0 Å². The molecule has 4 aliphatic rings. The fraction of sp³-hybridized carbons (Fsp3) is 0.233. The molecule has 0 radical (unpaired) electrons. The molecule has 24 rings (SSSR count). The molecule has 0 aliphatic heterocycles. The van der Waals surface area contributed by atoms with E-state index < -0.39 is 0 Å². The van der Waals surface area contributed by atoms with Gasteiger partial charge < -0.3 is 13.7 Å². The van der Waals surface area contributed by atoms with Crippen LogP contribution >= 0.6 is 0 Å². The highest BCUT2D eigenvalue weighted by atomic mass is 15.2. The Bertz CT molecular complexity index is 7030. The Labute approximate surface area is 662 Å². The number of para-hydroxylation sites is 7. The summed E-state index contributed by atoms with van der Waals surface area (Å²) < 4.78 is 14.5. The van der Waals surface area contributed by atoms with E-state index in [0.29, 0.717) is 23.8 Å². The molecule has 0 amide bonds. The Balaban J connectivity index is 0.000000105. The third-order valence-electron chi connectivity index (χ3n) is 25.9. The van der Waals surface area contributed by atoms with Crippen LogP contribution in [-0.2, 0) is 6.54 Å². The van der Waals surface area contributed by atoms with Gasteiger partial charge in [0.05, 0.1) is 55.3 Å². The first-order valence-electron chi connectivity index (χ1n) is 42.2. The van der Waals surface area contributed by atoms with Gasteiger partial charge in [-0.05, 0) is 172 Å². The summed E-state index contributed by atoms with van der Waals surface area (Å²) in [7, 11) is 0. The van der Waals surface area contributed by atoms with E-state index in [-0.39, 0.29) is 0 Å². The van der Waals surface area contributed by atoms with Gasteiger partial charge in [0.15, 0.2) is 0 Å². The van der Waals surface area contributed by atoms with E-state index in [1.165, 1.54) is 247 Å². The summed E-state index contributed by atoms with van der Waals surface area (Å²) in [6.07, 6.45) is 24.9. The zero-order chi connectivity index (χ0) is 75.3. The van der Waals surface area contributed by atoms with E-state index in [1.54, 1.807) is 0 Å². The van der Waals surface area contributed by atoms with Gasteiger partial charge in [-0.25, -0.2) is 15.0 Å². The monoisotopic (exact) mass is 1480 g/mol. The van der Waals surface area contributed by atoms with Crippen LogP contribution in [0.25, 0.3) is 165 Å². The zero-order valence-corrected chi connectivity index (χ0v) is 64.7. The summed E-state index contributed by atoms with van der Waals surface area (Å²) in [5.74, 6) is 6.31. The molecule has 0 spiro atoms. The Hall–Kier alpha value is -12.5. The molecule has 114 heavy (non-hydrogen) atoms. The van der Waals surface area contributed by atoms with Gasteiger partial charge in [-0.3, -0.25) is 13.7 Å². The van der Waals surface area contributed by atoms with Gasteiger partial charge in [0.2, 0.25) is 5.95 Å². The summed E-state index contributed by atoms with van der Waals surface area (Å²) in [6.45, 7) is 3.34. The number of rotatable bonds is 13. The first-order chi connectivity index (χ1) is 56.6. The maximum absolute atomic E-state index is 5.26. The van der Waals surface area contributed by atoms with Crippen LogP contribution in [-0.4, -0.2) is 52.3 Å². The van der Waals surface area contributed by atoms with E-state index >= 15 is 0 Å². The summed E-state index contributed by atoms with van der Waals surface area (Å²) >= 11 is 0. The molecule has 0 bridgehead atoms. The van der Waals surface area contributed by atoms with Crippen LogP contribution in [0.1, 0.15) is 164 Å². The second kappa shape index (κ2) is 28.6. The minimum Gasteiger partial charge on any atom is -0.340 e. The highest BCUT2D eigenvalue weighted by Gasteiger charge is 2.32. The maximum atomic E-state index is 5.26. The minimum absolute atomic E-state index is 0.440. The van der Waals surface area contributed by atoms with Gasteiger partial charge in [0, 0.05) is 123 Å². The minimum atomic E-state index is 0.440. The molecule has 0 atom stereocenters. The van der Waals surface area contributed by atoms with Crippen molar-refractivity contribution in [3.05, 3.63) is 296 Å². The molecule has 0 unspecified atom stereocenters. The number of pyridine rings is 2. The van der Waals surface area contributed by atoms with E-state index in [1.807, 2.05) is 6.07 Å². The predicted molar refractivity (Wildman–Crippen MR) is 473 cm³/mol. The average molecular weight is 1480 g/mol. The van der Waals surface area contributed by atoms with Crippen molar-refractivity contribution < 1.29 is 0 Å². The quantitative estimate of drug-likeness (QED) is 0.107. The lowest BCUT2D eigenvalue weighted by atomic mass is 9.85. The number of hydrogen-bond acceptors (Lipinski definition) is 5. The number of unbranched alkanes of at least 4 members (excludes halogenated alkanes) is 2. The predicted octanol–water partition coefficient (Wildman–Crippen LogP) is 27.2. The lowest BCUT2D eigenvalue weighted by molar-refractivity contribution is 0.443. The Morgan fingerprint density at radius 1 is 0.298 bits per heavy atom. The second-order valence-corrected chi connectivity index (χ2v) is 32.6. The van der Waals surface area contributed by atoms with E-state index in [0.717, 1.165) is 58.1 Å². The topological polar surface area (TPSA) is 94.0 Å². The van der Waals surface area contributed by atoms with Crippen molar-refractivity contribution >= 4 is 131 Å². The van der Waals surface area contributed by atoms with Crippen LogP contribution in [0.15, 0.2) is 279 Å². The molecule has 11 aromatic carbocycles. The number of benzene rings is 11. The lowest BCUT2D eigenvalue weighted by Gasteiger charge is -2.21. The molecule has 0 N–H and O–H groups in total. The van der Waals surface area contributed by atoms with Crippen molar-refractivity contribution in [3.63, 3.8) is 0 Å². The molecule has 4 aliphatic carbocycles. The van der Waals surface area contributed by atoms with Gasteiger partial charge in [-0.2, -0.15) is 9.97 Å². The number of hydrogen-bond donors (Lipinski definition) is 0. The standard InChI is InChI=1S/C37H33N5.C34H35N3.C32H23N3/c1-2-16-26(17-3-1)41-29-20-10-8-18-27(29)33-31(41)22-23-32-34(33)28-19-9-11-21-30(28)42(32)37-39-35(24-12-4-5-13-24)38-36(40-37)25-14-6-7-15-25;1-2-3-11-22-36-28-16-9-7-14-26(28)33-30(36)19-20-31-34(33)27-15-8-10-17-29(27)37(31)32-21-18-25(23-35-32)24-12-5-4-6-13-24;1-2-9-21(10-3-1)25-13-8-16-30(33-25)35-27-15-7-5-12-24(27)32-29(35)20-19-28-31(32)23-11-4-6-14-26(23)34(28)22-17-18-22/h1-3,8-11,16-25H,4-7,12-15H2;7-10,14-21,23-24H,2-6,11-13,22H2,1H3;1-16,19-20,22H,17-18H2. The van der Waals surface area contributed by atoms with Gasteiger partial charge in [-0.15, -0.1) is 0 Å². The molecule has 9 aromatic heterocycles. The first-order valence-corrected chi connectivity index (χ1v) is 42.2. The Morgan fingerprint density at radius 3 is 1.28 bits per heavy atom. The third-order valence-corrected chi connectivity index (χ3v) is 25.9. The fourth-order valence-electron chi connectivity index (χ4n) is 20.5. The summed E-state index contributed by atoms with van der Waals surface area (Å²) in [5, 5.41) is 15.7. The summed E-state index contributed by atoms with van der Waals surface area (Å²) in [4.78, 5) is 25.9. The van der Waals surface area contributed by atoms with Crippen molar-refractivity contribution in [3.8, 4) is 34.5 Å². The van der Waals surface area contributed by atoms with Crippen LogP contribution in [0.4, 0.5) is 0 Å². The normalized spacial score (nSPS) is 15.2. The Morgan fingerprint density at radius 2 is 0.728 bits per heavy atom. The van der Waals surface area contributed by atoms with Crippen molar-refractivity contribution in [1.82, 2.24) is 52.3 Å². The van der Waals surface area contributed by atoms with Crippen LogP contribution in [0.5, 0.6) is 0 Å². The van der Waals surface area contributed by atoms with E-state index in [2.05, 4.69) is 307 Å². The molecular formula is C103H91N11. The molecule has 4 fully saturated rings. The largest absolute Gasteiger partial charge is 0.340 e. The average Bonchev–Trinajstić information content (AvgIpc) is 1.56. The summed E-state index contributed by atoms with van der Waals surface area (Å²) in [6, 6.07) is 99.6. The zero-order valence-electron chi connectivity index (χ0n) is 64.7. The molecule has 0 saturated heterocycles. The fourth-order valence-corrected chi connectivity index (χ4v) is 20.5. The first kappa shape index (κ1) is 68.3. The SMILES string of the molecule is CCCCCn1c2ccccc2c2c3c4ccccc4n(-c4ccc(C5CCCCC5)cn4)c3ccc21.c1ccc(-c2cccc(-n3c4ccccc4c4c5c6ccccc6n(C6CC6)c5ccc43)n2)cc1.c1ccc(-n2c3ccccc3c3c4c5ccccc5n(-c5nc(C6CCCC6)nc(C6CCCC6)n5)c4ccc32)cc1. The molecule has 11 nitrogen and oxygen atoms in total. The molecule has 4 saturated carbocycles. The third kappa shape index (κ3) is 11.4. The summed E-state index contributed by atoms with van der Waals surface area (Å²) in [5.41, 5.74) is 19.7. The Kier molecular flexibility index (Phi) is 17.2. The smallest absolute Gasteiger partial charge is 0.238 e. The van der Waals surface area contributed by atoms with Gasteiger partial charge >= 0.3 is 0 Å². The van der Waals surface area contributed by atoms with Crippen molar-refractivity contribution in [2.75, 3.05) is 0 Å². The molecule has 20 aromatic rings. The van der Waals surface area contributed by atoms with Gasteiger partial charge in [-0.1, -0.05) is 235 Å². The molecule has 558 valence electrons. The number of aryl methyl sites for hydroxylation is 1. The second-order valence-electron chi connectivity index (χ2n) is 32.6. The molecule has 9 heterocycles. The van der Waals surface area contributed by atoms with E-state index in [4.69, 9.17) is 24.9 Å². The highest BCUT2D eigenvalue weighted by molar-refractivity contribution is 6.31. The number of nitrogens with zero attached hydrogens (tertiary/aromatic N) is 11. The number of aromatic nitrogens is 11. The van der Waals surface area contributed by atoms with Gasteiger partial charge in [0.25, 0.3) is 0 Å². The number of fused-ring (bicyclic) bond motifs is 21. The van der Waals surface area contributed by atoms with Crippen LogP contribution in [0, 0.1) is 0 Å². The molecule has 11 heteroatoms. The maximum Gasteiger partial charge on any atom is 0.238 e. The van der Waals surface area contributed by atoms with Gasteiger partial charge in [0.1, 0.15) is 23.3 Å². The lowest BCUT2D eigenvalue weighted by Crippen LogP contribution is -2.13. The van der Waals surface area contributed by atoms with Crippen molar-refractivity contribution in [2.24, 2.45) is 0 Å². The highest BCUT2D eigenvalue weighted by Crippen LogP contribution is 2.49. The van der Waals surface area contributed by atoms with Crippen LogP contribution in [0.2, 0.25) is 0 Å². The van der Waals surface area contributed by atoms with Crippen LogP contribution in [0.3, 0.4) is 0 Å². The van der Waals surface area contributed by atoms with Crippen molar-refractivity contribution in [2.45, 2.75) is 153 Å².